The average Bonchev–Trinajstić information content (AvgIpc) is 2.78. The molecule has 1 unspecified atom stereocenters. The summed E-state index contributed by atoms with van der Waals surface area (Å²) in [6.45, 7) is 5.84. The van der Waals surface area contributed by atoms with Gasteiger partial charge in [0, 0.05) is 18.8 Å². The first-order valence-electron chi connectivity index (χ1n) is 6.77. The molecule has 1 atom stereocenters. The van der Waals surface area contributed by atoms with Crippen LogP contribution in [0.25, 0.3) is 0 Å². The van der Waals surface area contributed by atoms with E-state index in [1.54, 1.807) is 23.5 Å². The van der Waals surface area contributed by atoms with Crippen LogP contribution in [0.5, 0.6) is 0 Å². The number of aromatic nitrogens is 4. The molecule has 8 heteroatoms. The van der Waals surface area contributed by atoms with Crippen LogP contribution in [0.3, 0.4) is 0 Å². The third-order valence-corrected chi connectivity index (χ3v) is 4.24. The van der Waals surface area contributed by atoms with Gasteiger partial charge in [-0.15, -0.1) is 5.10 Å². The summed E-state index contributed by atoms with van der Waals surface area (Å²) in [6.07, 6.45) is 1.95. The summed E-state index contributed by atoms with van der Waals surface area (Å²) in [7, 11) is 1.79. The lowest BCUT2D eigenvalue weighted by Gasteiger charge is -2.31. The summed E-state index contributed by atoms with van der Waals surface area (Å²) >= 11 is 1.54. The first kappa shape index (κ1) is 16.9. The largest absolute Gasteiger partial charge is 0.480 e. The van der Waals surface area contributed by atoms with Crippen molar-refractivity contribution in [1.82, 2.24) is 25.5 Å². The van der Waals surface area contributed by atoms with Crippen LogP contribution in [-0.4, -0.2) is 48.6 Å². The predicted octanol–water partition coefficient (Wildman–Crippen LogP) is 1.31. The Hall–Kier alpha value is -1.15. The standard InChI is InChI=1S/C12H23N5O2S/c1-5-12(10(18)19,13-9(2)3)7-6-8-20-11-14-15-16-17(11)4/h9,13H,5-8H2,1-4H3,(H,18,19). The molecule has 0 aliphatic heterocycles. The molecule has 1 rings (SSSR count). The molecule has 0 saturated carbocycles. The molecule has 0 radical (unpaired) electrons. The monoisotopic (exact) mass is 301 g/mol. The van der Waals surface area contributed by atoms with E-state index in [2.05, 4.69) is 20.8 Å². The minimum atomic E-state index is -0.840. The van der Waals surface area contributed by atoms with Crippen LogP contribution in [0.4, 0.5) is 0 Å². The van der Waals surface area contributed by atoms with Gasteiger partial charge in [0.25, 0.3) is 0 Å². The Morgan fingerprint density at radius 2 is 2.25 bits per heavy atom. The summed E-state index contributed by atoms with van der Waals surface area (Å²) in [5, 5.41) is 24.6. The smallest absolute Gasteiger partial charge is 0.323 e. The van der Waals surface area contributed by atoms with E-state index in [-0.39, 0.29) is 6.04 Å². The lowest BCUT2D eigenvalue weighted by atomic mass is 9.90. The maximum absolute atomic E-state index is 11.6. The van der Waals surface area contributed by atoms with Gasteiger partial charge in [-0.05, 0) is 43.5 Å². The molecule has 0 aliphatic rings. The van der Waals surface area contributed by atoms with Gasteiger partial charge >= 0.3 is 5.97 Å². The summed E-state index contributed by atoms with van der Waals surface area (Å²) in [4.78, 5) is 11.6. The minimum absolute atomic E-state index is 0.140. The minimum Gasteiger partial charge on any atom is -0.480 e. The zero-order valence-electron chi connectivity index (χ0n) is 12.5. The molecule has 1 aromatic rings. The van der Waals surface area contributed by atoms with Crippen LogP contribution >= 0.6 is 11.8 Å². The lowest BCUT2D eigenvalue weighted by molar-refractivity contribution is -0.145. The highest BCUT2D eigenvalue weighted by molar-refractivity contribution is 7.99. The summed E-state index contributed by atoms with van der Waals surface area (Å²) < 4.78 is 1.61. The molecule has 20 heavy (non-hydrogen) atoms. The van der Waals surface area contributed by atoms with E-state index < -0.39 is 11.5 Å². The number of carboxylic acids is 1. The van der Waals surface area contributed by atoms with Crippen molar-refractivity contribution in [3.63, 3.8) is 0 Å². The number of hydrogen-bond acceptors (Lipinski definition) is 6. The fourth-order valence-corrected chi connectivity index (χ4v) is 2.89. The van der Waals surface area contributed by atoms with E-state index in [9.17, 15) is 9.90 Å². The molecule has 2 N–H and O–H groups in total. The van der Waals surface area contributed by atoms with Crippen LogP contribution in [0.15, 0.2) is 5.16 Å². The zero-order chi connectivity index (χ0) is 15.2. The molecular weight excluding hydrogens is 278 g/mol. The van der Waals surface area contributed by atoms with E-state index in [0.29, 0.717) is 12.8 Å². The van der Waals surface area contributed by atoms with E-state index >= 15 is 0 Å². The number of nitrogens with one attached hydrogen (secondary N) is 1. The van der Waals surface area contributed by atoms with Crippen molar-refractivity contribution in [1.29, 1.82) is 0 Å². The van der Waals surface area contributed by atoms with Crippen LogP contribution in [-0.2, 0) is 11.8 Å². The van der Waals surface area contributed by atoms with Crippen LogP contribution in [0.2, 0.25) is 0 Å². The zero-order valence-corrected chi connectivity index (χ0v) is 13.3. The molecule has 0 aromatic carbocycles. The van der Waals surface area contributed by atoms with Crippen molar-refractivity contribution < 1.29 is 9.90 Å². The van der Waals surface area contributed by atoms with Gasteiger partial charge in [0.05, 0.1) is 0 Å². The number of nitrogens with zero attached hydrogens (tertiary/aromatic N) is 4. The van der Waals surface area contributed by atoms with Crippen molar-refractivity contribution >= 4 is 17.7 Å². The van der Waals surface area contributed by atoms with E-state index in [1.165, 1.54) is 0 Å². The van der Waals surface area contributed by atoms with Gasteiger partial charge in [-0.25, -0.2) is 4.68 Å². The third kappa shape index (κ3) is 4.45. The Balaban J connectivity index is 2.50. The van der Waals surface area contributed by atoms with Gasteiger partial charge in [-0.2, -0.15) is 0 Å². The summed E-state index contributed by atoms with van der Waals surface area (Å²) in [5.41, 5.74) is -0.840. The highest BCUT2D eigenvalue weighted by Crippen LogP contribution is 2.22. The number of carbonyl (C=O) groups is 1. The quantitative estimate of drug-likeness (QED) is 0.525. The molecule has 0 spiro atoms. The maximum atomic E-state index is 11.6. The molecule has 114 valence electrons. The molecule has 0 saturated heterocycles. The van der Waals surface area contributed by atoms with Crippen molar-refractivity contribution in [2.24, 2.45) is 7.05 Å². The van der Waals surface area contributed by atoms with Crippen molar-refractivity contribution in [3.8, 4) is 0 Å². The Bertz CT molecular complexity index is 437. The molecule has 0 bridgehead atoms. The summed E-state index contributed by atoms with van der Waals surface area (Å²) in [5.74, 6) is 0.0160. The van der Waals surface area contributed by atoms with Crippen molar-refractivity contribution in [2.45, 2.75) is 56.8 Å². The second kappa shape index (κ2) is 7.58. The number of tetrazole rings is 1. The summed E-state index contributed by atoms with van der Waals surface area (Å²) in [6, 6.07) is 0.140. The normalized spacial score (nSPS) is 14.4. The molecule has 0 amide bonds. The highest BCUT2D eigenvalue weighted by Gasteiger charge is 2.36. The fraction of sp³-hybridized carbons (Fsp3) is 0.833. The first-order chi connectivity index (χ1) is 9.41. The number of rotatable bonds is 9. The number of thioether (sulfide) groups is 1. The Morgan fingerprint density at radius 1 is 1.55 bits per heavy atom. The second-order valence-electron chi connectivity index (χ2n) is 5.08. The second-order valence-corrected chi connectivity index (χ2v) is 6.14. The molecule has 7 nitrogen and oxygen atoms in total. The van der Waals surface area contributed by atoms with E-state index in [4.69, 9.17) is 0 Å². The van der Waals surface area contributed by atoms with Gasteiger partial charge in [0.15, 0.2) is 0 Å². The van der Waals surface area contributed by atoms with Crippen LogP contribution in [0, 0.1) is 0 Å². The number of carboxylic acid groups (broad SMARTS) is 1. The van der Waals surface area contributed by atoms with Gasteiger partial charge in [-0.1, -0.05) is 18.7 Å². The molecule has 1 aromatic heterocycles. The van der Waals surface area contributed by atoms with Crippen molar-refractivity contribution in [2.75, 3.05) is 5.75 Å². The number of aryl methyl sites for hydroxylation is 1. The Morgan fingerprint density at radius 3 is 2.70 bits per heavy atom. The van der Waals surface area contributed by atoms with Crippen LogP contribution < -0.4 is 5.32 Å². The average molecular weight is 301 g/mol. The maximum Gasteiger partial charge on any atom is 0.323 e. The SMILES string of the molecule is CCC(CCCSc1nnnn1C)(NC(C)C)C(=O)O. The Labute approximate surface area is 123 Å². The molecule has 1 heterocycles. The highest BCUT2D eigenvalue weighted by atomic mass is 32.2. The Kier molecular flexibility index (Phi) is 6.41. The van der Waals surface area contributed by atoms with E-state index in [0.717, 1.165) is 17.3 Å². The topological polar surface area (TPSA) is 92.9 Å². The third-order valence-electron chi connectivity index (χ3n) is 3.14. The lowest BCUT2D eigenvalue weighted by Crippen LogP contribution is -2.54. The van der Waals surface area contributed by atoms with Gasteiger partial charge < -0.3 is 5.11 Å². The van der Waals surface area contributed by atoms with Crippen molar-refractivity contribution in [3.05, 3.63) is 0 Å². The molecule has 0 aliphatic carbocycles. The van der Waals surface area contributed by atoms with Gasteiger partial charge in [0.2, 0.25) is 5.16 Å². The molecule has 0 fully saturated rings. The predicted molar refractivity (Wildman–Crippen MR) is 77.7 cm³/mol. The van der Waals surface area contributed by atoms with Gasteiger partial charge in [-0.3, -0.25) is 10.1 Å². The van der Waals surface area contributed by atoms with Gasteiger partial charge in [0.1, 0.15) is 5.54 Å². The van der Waals surface area contributed by atoms with E-state index in [1.807, 2.05) is 20.8 Å². The number of aliphatic carboxylic acids is 1. The first-order valence-corrected chi connectivity index (χ1v) is 7.76. The fourth-order valence-electron chi connectivity index (χ4n) is 2.10. The number of hydrogen-bond donors (Lipinski definition) is 2. The van der Waals surface area contributed by atoms with Crippen LogP contribution in [0.1, 0.15) is 40.0 Å². The molecular formula is C12H23N5O2S.